The first-order valence-electron chi connectivity index (χ1n) is 10.3. The Morgan fingerprint density at radius 1 is 1.00 bits per heavy atom. The van der Waals surface area contributed by atoms with Gasteiger partial charge >= 0.3 is 0 Å². The Balaban J connectivity index is 1.53. The summed E-state index contributed by atoms with van der Waals surface area (Å²) >= 11 is 0. The van der Waals surface area contributed by atoms with Crippen molar-refractivity contribution in [3.63, 3.8) is 0 Å². The molecule has 4 heterocycles. The summed E-state index contributed by atoms with van der Waals surface area (Å²) in [6.45, 7) is 4.08. The molecule has 158 valence electrons. The summed E-state index contributed by atoms with van der Waals surface area (Å²) in [5.74, 6) is 0.426. The van der Waals surface area contributed by atoms with E-state index in [0.717, 1.165) is 11.3 Å². The van der Waals surface area contributed by atoms with Gasteiger partial charge in [0.15, 0.2) is 11.5 Å². The van der Waals surface area contributed by atoms with Crippen LogP contribution in [0.4, 0.5) is 5.69 Å². The van der Waals surface area contributed by atoms with Gasteiger partial charge in [-0.1, -0.05) is 30.3 Å². The lowest BCUT2D eigenvalue weighted by Crippen LogP contribution is -2.14. The van der Waals surface area contributed by atoms with E-state index in [0.29, 0.717) is 28.1 Å². The van der Waals surface area contributed by atoms with Gasteiger partial charge in [-0.3, -0.25) is 4.79 Å². The van der Waals surface area contributed by atoms with Crippen molar-refractivity contribution in [2.75, 3.05) is 5.32 Å². The fourth-order valence-electron chi connectivity index (χ4n) is 3.54. The quantitative estimate of drug-likeness (QED) is 0.449. The van der Waals surface area contributed by atoms with Gasteiger partial charge in [0.05, 0.1) is 34.7 Å². The van der Waals surface area contributed by atoms with Crippen molar-refractivity contribution in [3.8, 4) is 17.1 Å². The predicted molar refractivity (Wildman–Crippen MR) is 123 cm³/mol. The highest BCUT2D eigenvalue weighted by Gasteiger charge is 2.19. The molecule has 0 bridgehead atoms. The summed E-state index contributed by atoms with van der Waals surface area (Å²) < 4.78 is 3.49. The number of fused-ring (bicyclic) bond motifs is 1. The molecule has 0 aliphatic rings. The Hall–Kier alpha value is -4.33. The fourth-order valence-corrected chi connectivity index (χ4v) is 3.54. The molecule has 1 aromatic carbocycles. The molecule has 5 aromatic rings. The molecule has 0 aliphatic carbocycles. The van der Waals surface area contributed by atoms with Crippen molar-refractivity contribution in [3.05, 3.63) is 84.9 Å². The number of amides is 1. The van der Waals surface area contributed by atoms with Gasteiger partial charge in [0, 0.05) is 24.0 Å². The minimum absolute atomic E-state index is 0.112. The first kappa shape index (κ1) is 19.6. The number of aromatic nitrogens is 6. The van der Waals surface area contributed by atoms with Crippen LogP contribution < -0.4 is 5.32 Å². The van der Waals surface area contributed by atoms with Gasteiger partial charge in [-0.2, -0.15) is 10.2 Å². The molecule has 0 atom stereocenters. The van der Waals surface area contributed by atoms with E-state index in [9.17, 15) is 4.79 Å². The lowest BCUT2D eigenvalue weighted by Gasteiger charge is -2.11. The monoisotopic (exact) mass is 423 g/mol. The number of hydrogen-bond acceptors (Lipinski definition) is 5. The number of rotatable bonds is 5. The molecule has 32 heavy (non-hydrogen) atoms. The maximum absolute atomic E-state index is 13.3. The predicted octanol–water partition coefficient (Wildman–Crippen LogP) is 4.51. The van der Waals surface area contributed by atoms with E-state index in [1.165, 1.54) is 0 Å². The van der Waals surface area contributed by atoms with Gasteiger partial charge in [0.2, 0.25) is 0 Å². The Morgan fingerprint density at radius 2 is 1.84 bits per heavy atom. The number of carbonyl (C=O) groups excluding carboxylic acids is 1. The van der Waals surface area contributed by atoms with Crippen LogP contribution in [0.15, 0.2) is 79.4 Å². The van der Waals surface area contributed by atoms with Crippen molar-refractivity contribution in [2.24, 2.45) is 0 Å². The Morgan fingerprint density at radius 3 is 2.53 bits per heavy atom. The van der Waals surface area contributed by atoms with E-state index in [-0.39, 0.29) is 11.9 Å². The zero-order chi connectivity index (χ0) is 22.1. The first-order chi connectivity index (χ1) is 15.6. The van der Waals surface area contributed by atoms with Crippen LogP contribution in [0.1, 0.15) is 30.2 Å². The molecule has 1 amide bonds. The third-order valence-corrected chi connectivity index (χ3v) is 5.11. The minimum atomic E-state index is -0.244. The molecule has 0 fully saturated rings. The summed E-state index contributed by atoms with van der Waals surface area (Å²) in [6, 6.07) is 17.2. The molecule has 0 unspecified atom stereocenters. The smallest absolute Gasteiger partial charge is 0.256 e. The largest absolute Gasteiger partial charge is 0.321 e. The second kappa shape index (κ2) is 8.07. The second-order valence-electron chi connectivity index (χ2n) is 7.65. The lowest BCUT2D eigenvalue weighted by atomic mass is 10.1. The number of pyridine rings is 2. The second-order valence-corrected chi connectivity index (χ2v) is 7.65. The molecule has 4 aromatic heterocycles. The SMILES string of the molecule is CC(C)n1ncc2c(C(=O)Nc3ccc(-n4cccn4)nc3)cc(-c3ccccc3)nc21. The molecule has 0 saturated carbocycles. The number of hydrogen-bond donors (Lipinski definition) is 1. The van der Waals surface area contributed by atoms with Crippen LogP contribution in [0.25, 0.3) is 28.1 Å². The minimum Gasteiger partial charge on any atom is -0.321 e. The average Bonchev–Trinajstić information content (AvgIpc) is 3.50. The van der Waals surface area contributed by atoms with Crippen molar-refractivity contribution >= 4 is 22.6 Å². The van der Waals surface area contributed by atoms with E-state index in [1.54, 1.807) is 35.4 Å². The highest BCUT2D eigenvalue weighted by molar-refractivity contribution is 6.12. The third kappa shape index (κ3) is 3.62. The maximum Gasteiger partial charge on any atom is 0.256 e. The molecule has 1 N–H and O–H groups in total. The van der Waals surface area contributed by atoms with Crippen LogP contribution >= 0.6 is 0 Å². The summed E-state index contributed by atoms with van der Waals surface area (Å²) in [4.78, 5) is 22.5. The molecule has 8 nitrogen and oxygen atoms in total. The number of anilines is 1. The molecular weight excluding hydrogens is 402 g/mol. The summed E-state index contributed by atoms with van der Waals surface area (Å²) in [5, 5.41) is 12.3. The van der Waals surface area contributed by atoms with Gasteiger partial charge in [0.25, 0.3) is 5.91 Å². The maximum atomic E-state index is 13.3. The van der Waals surface area contributed by atoms with E-state index >= 15 is 0 Å². The number of nitrogens with zero attached hydrogens (tertiary/aromatic N) is 6. The van der Waals surface area contributed by atoms with E-state index in [2.05, 4.69) is 20.5 Å². The Labute approximate surface area is 184 Å². The van der Waals surface area contributed by atoms with E-state index in [1.807, 2.05) is 67.2 Å². The van der Waals surface area contributed by atoms with Gasteiger partial charge in [0.1, 0.15) is 0 Å². The zero-order valence-corrected chi connectivity index (χ0v) is 17.7. The van der Waals surface area contributed by atoms with Gasteiger partial charge in [-0.25, -0.2) is 19.3 Å². The number of benzene rings is 1. The van der Waals surface area contributed by atoms with Crippen LogP contribution in [-0.4, -0.2) is 35.4 Å². The number of nitrogens with one attached hydrogen (secondary N) is 1. The van der Waals surface area contributed by atoms with Crippen molar-refractivity contribution in [1.29, 1.82) is 0 Å². The van der Waals surface area contributed by atoms with Gasteiger partial charge < -0.3 is 5.32 Å². The van der Waals surface area contributed by atoms with Crippen LogP contribution in [0.2, 0.25) is 0 Å². The Bertz CT molecular complexity index is 1370. The molecule has 0 radical (unpaired) electrons. The van der Waals surface area contributed by atoms with Crippen molar-refractivity contribution in [2.45, 2.75) is 19.9 Å². The number of carbonyl (C=O) groups is 1. The van der Waals surface area contributed by atoms with Crippen LogP contribution in [0, 0.1) is 0 Å². The lowest BCUT2D eigenvalue weighted by molar-refractivity contribution is 0.102. The van der Waals surface area contributed by atoms with Crippen LogP contribution in [0.3, 0.4) is 0 Å². The molecule has 0 spiro atoms. The van der Waals surface area contributed by atoms with Gasteiger partial charge in [-0.05, 0) is 38.1 Å². The van der Waals surface area contributed by atoms with Crippen molar-refractivity contribution in [1.82, 2.24) is 29.5 Å². The zero-order valence-electron chi connectivity index (χ0n) is 17.7. The topological polar surface area (TPSA) is 90.5 Å². The Kier molecular flexibility index (Phi) is 4.95. The third-order valence-electron chi connectivity index (χ3n) is 5.11. The molecule has 5 rings (SSSR count). The van der Waals surface area contributed by atoms with Gasteiger partial charge in [-0.15, -0.1) is 0 Å². The first-order valence-corrected chi connectivity index (χ1v) is 10.3. The molecule has 8 heteroatoms. The van der Waals surface area contributed by atoms with Crippen molar-refractivity contribution < 1.29 is 4.79 Å². The summed E-state index contributed by atoms with van der Waals surface area (Å²) in [7, 11) is 0. The summed E-state index contributed by atoms with van der Waals surface area (Å²) in [6.07, 6.45) is 6.81. The highest BCUT2D eigenvalue weighted by atomic mass is 16.1. The van der Waals surface area contributed by atoms with E-state index in [4.69, 9.17) is 4.98 Å². The average molecular weight is 423 g/mol. The van der Waals surface area contributed by atoms with Crippen LogP contribution in [-0.2, 0) is 0 Å². The van der Waals surface area contributed by atoms with E-state index < -0.39 is 0 Å². The van der Waals surface area contributed by atoms with Crippen LogP contribution in [0.5, 0.6) is 0 Å². The fraction of sp³-hybridized carbons (Fsp3) is 0.125. The standard InChI is InChI=1S/C24H21N7O/c1-16(2)31-23-20(15-27-31)19(13-21(29-23)17-7-4-3-5-8-17)24(32)28-18-9-10-22(25-14-18)30-12-6-11-26-30/h3-16H,1-2H3,(H,28,32). The molecular formula is C24H21N7O. The molecule has 0 saturated heterocycles. The summed E-state index contributed by atoms with van der Waals surface area (Å²) in [5.41, 5.74) is 3.44. The highest BCUT2D eigenvalue weighted by Crippen LogP contribution is 2.27. The normalized spacial score (nSPS) is 11.2. The molecule has 0 aliphatic heterocycles.